The number of hydrogen-bond donors (Lipinski definition) is 2. The lowest BCUT2D eigenvalue weighted by Crippen LogP contribution is -2.32. The summed E-state index contributed by atoms with van der Waals surface area (Å²) in [5.41, 5.74) is 1.23. The smallest absolute Gasteiger partial charge is 0.255 e. The van der Waals surface area contributed by atoms with Crippen LogP contribution < -0.4 is 20.9 Å². The van der Waals surface area contributed by atoms with Gasteiger partial charge >= 0.3 is 0 Å². The maximum absolute atomic E-state index is 14.2. The first-order valence-corrected chi connectivity index (χ1v) is 9.28. The lowest BCUT2D eigenvalue weighted by molar-refractivity contribution is -0.127. The standard InChI is InChI=1S/C21H20ClFN4O3/c1-13(21(29)26-11-20(28)25-12-26)6-19(14-7-16(23)10-18(8-14)30-2)27(24)17-5-3-4-15(22)9-17/h3-10H,1,11-12,24H2,2H3,(H,25,28)/b19-6-. The minimum Gasteiger partial charge on any atom is -0.497 e. The van der Waals surface area contributed by atoms with Gasteiger partial charge in [0.05, 0.1) is 25.2 Å². The lowest BCUT2D eigenvalue weighted by atomic mass is 10.1. The van der Waals surface area contributed by atoms with Crippen molar-refractivity contribution < 1.29 is 18.7 Å². The fourth-order valence-corrected chi connectivity index (χ4v) is 3.11. The SMILES string of the molecule is C=C(/C=C(/c1cc(F)cc(OC)c1)N(N)c1cccc(Cl)c1)C(=O)N1CNC(=O)C1. The monoisotopic (exact) mass is 430 g/mol. The van der Waals surface area contributed by atoms with E-state index in [9.17, 15) is 14.0 Å². The molecule has 2 amide bonds. The summed E-state index contributed by atoms with van der Waals surface area (Å²) < 4.78 is 19.3. The highest BCUT2D eigenvalue weighted by Gasteiger charge is 2.25. The Kier molecular flexibility index (Phi) is 6.39. The zero-order chi connectivity index (χ0) is 21.8. The van der Waals surface area contributed by atoms with E-state index in [4.69, 9.17) is 22.2 Å². The Morgan fingerprint density at radius 2 is 2.13 bits per heavy atom. The molecule has 30 heavy (non-hydrogen) atoms. The van der Waals surface area contributed by atoms with Crippen molar-refractivity contribution in [3.63, 3.8) is 0 Å². The first kappa shape index (κ1) is 21.4. The number of carbonyl (C=O) groups is 2. The van der Waals surface area contributed by atoms with Gasteiger partial charge in [0.25, 0.3) is 5.91 Å². The first-order chi connectivity index (χ1) is 14.3. The molecule has 1 heterocycles. The molecule has 2 aromatic carbocycles. The first-order valence-electron chi connectivity index (χ1n) is 8.90. The summed E-state index contributed by atoms with van der Waals surface area (Å²) in [7, 11) is 1.42. The molecule has 3 rings (SSSR count). The van der Waals surface area contributed by atoms with Gasteiger partial charge in [-0.15, -0.1) is 0 Å². The number of methoxy groups -OCH3 is 1. The highest BCUT2D eigenvalue weighted by atomic mass is 35.5. The predicted octanol–water partition coefficient (Wildman–Crippen LogP) is 2.68. The molecular weight excluding hydrogens is 411 g/mol. The van der Waals surface area contributed by atoms with Crippen LogP contribution in [0.5, 0.6) is 5.75 Å². The topological polar surface area (TPSA) is 87.9 Å². The number of amides is 2. The van der Waals surface area contributed by atoms with E-state index in [0.29, 0.717) is 16.3 Å². The number of nitrogens with one attached hydrogen (secondary N) is 1. The molecule has 1 fully saturated rings. The van der Waals surface area contributed by atoms with E-state index >= 15 is 0 Å². The highest BCUT2D eigenvalue weighted by Crippen LogP contribution is 2.29. The average Bonchev–Trinajstić information content (AvgIpc) is 3.16. The zero-order valence-electron chi connectivity index (χ0n) is 16.2. The van der Waals surface area contributed by atoms with Crippen LogP contribution in [0, 0.1) is 5.82 Å². The van der Waals surface area contributed by atoms with E-state index in [2.05, 4.69) is 11.9 Å². The molecule has 2 aromatic rings. The normalized spacial score (nSPS) is 13.8. The number of nitrogens with two attached hydrogens (primary N) is 1. The Morgan fingerprint density at radius 3 is 2.77 bits per heavy atom. The fraction of sp³-hybridized carbons (Fsp3) is 0.143. The molecule has 1 saturated heterocycles. The zero-order valence-corrected chi connectivity index (χ0v) is 16.9. The molecule has 0 bridgehead atoms. The Labute approximate surface area is 178 Å². The fourth-order valence-electron chi connectivity index (χ4n) is 2.93. The van der Waals surface area contributed by atoms with E-state index in [-0.39, 0.29) is 36.1 Å². The van der Waals surface area contributed by atoms with Crippen molar-refractivity contribution >= 4 is 34.8 Å². The van der Waals surface area contributed by atoms with Gasteiger partial charge in [0.2, 0.25) is 5.91 Å². The molecule has 0 aromatic heterocycles. The number of halogens is 2. The number of carbonyl (C=O) groups excluding carboxylic acids is 2. The van der Waals surface area contributed by atoms with Gasteiger partial charge in [-0.05, 0) is 36.4 Å². The predicted molar refractivity (Wildman–Crippen MR) is 113 cm³/mol. The summed E-state index contributed by atoms with van der Waals surface area (Å²) in [5.74, 6) is 5.35. The van der Waals surface area contributed by atoms with Crippen molar-refractivity contribution in [2.24, 2.45) is 5.84 Å². The maximum atomic E-state index is 14.2. The van der Waals surface area contributed by atoms with Crippen LogP contribution in [0.4, 0.5) is 10.1 Å². The van der Waals surface area contributed by atoms with E-state index in [1.54, 1.807) is 30.3 Å². The molecule has 0 unspecified atom stereocenters. The van der Waals surface area contributed by atoms with Crippen molar-refractivity contribution in [1.82, 2.24) is 10.2 Å². The van der Waals surface area contributed by atoms with Crippen LogP contribution in [0.15, 0.2) is 60.7 Å². The van der Waals surface area contributed by atoms with Gasteiger partial charge in [0, 0.05) is 22.2 Å². The third-order valence-electron chi connectivity index (χ3n) is 4.42. The highest BCUT2D eigenvalue weighted by molar-refractivity contribution is 6.30. The minimum atomic E-state index is -0.541. The summed E-state index contributed by atoms with van der Waals surface area (Å²) >= 11 is 6.07. The lowest BCUT2D eigenvalue weighted by Gasteiger charge is -2.24. The molecule has 1 aliphatic heterocycles. The van der Waals surface area contributed by atoms with Crippen LogP contribution in [0.25, 0.3) is 5.70 Å². The summed E-state index contributed by atoms with van der Waals surface area (Å²) in [6, 6.07) is 10.8. The van der Waals surface area contributed by atoms with Gasteiger partial charge in [-0.25, -0.2) is 10.2 Å². The Balaban J connectivity index is 2.03. The molecule has 0 saturated carbocycles. The van der Waals surface area contributed by atoms with Gasteiger partial charge in [-0.3, -0.25) is 14.6 Å². The Hall–Kier alpha value is -3.36. The van der Waals surface area contributed by atoms with Crippen LogP contribution >= 0.6 is 11.6 Å². The second-order valence-electron chi connectivity index (χ2n) is 6.55. The van der Waals surface area contributed by atoms with Crippen LogP contribution in [0.1, 0.15) is 5.56 Å². The summed E-state index contributed by atoms with van der Waals surface area (Å²) in [6.07, 6.45) is 1.43. The second kappa shape index (κ2) is 8.98. The van der Waals surface area contributed by atoms with Crippen molar-refractivity contribution in [2.75, 3.05) is 25.3 Å². The van der Waals surface area contributed by atoms with Gasteiger partial charge in [0.15, 0.2) is 0 Å². The molecule has 0 spiro atoms. The third-order valence-corrected chi connectivity index (χ3v) is 4.66. The Morgan fingerprint density at radius 1 is 1.37 bits per heavy atom. The van der Waals surface area contributed by atoms with Crippen LogP contribution in [-0.4, -0.2) is 37.0 Å². The average molecular weight is 431 g/mol. The minimum absolute atomic E-state index is 0.0601. The van der Waals surface area contributed by atoms with Crippen LogP contribution in [0.3, 0.4) is 0 Å². The number of hydrogen-bond acceptors (Lipinski definition) is 5. The van der Waals surface area contributed by atoms with Crippen molar-refractivity contribution in [1.29, 1.82) is 0 Å². The largest absolute Gasteiger partial charge is 0.497 e. The second-order valence-corrected chi connectivity index (χ2v) is 6.98. The number of hydrazine groups is 1. The van der Waals surface area contributed by atoms with E-state index in [0.717, 1.165) is 0 Å². The summed E-state index contributed by atoms with van der Waals surface area (Å²) in [5, 5.41) is 4.28. The van der Waals surface area contributed by atoms with E-state index in [1.165, 1.54) is 35.2 Å². The molecular formula is C21H20ClFN4O3. The van der Waals surface area contributed by atoms with Crippen molar-refractivity contribution in [2.45, 2.75) is 0 Å². The summed E-state index contributed by atoms with van der Waals surface area (Å²) in [6.45, 7) is 3.84. The number of nitrogens with zero attached hydrogens (tertiary/aromatic N) is 2. The van der Waals surface area contributed by atoms with E-state index < -0.39 is 11.7 Å². The Bertz CT molecular complexity index is 1040. The molecule has 0 atom stereocenters. The molecule has 9 heteroatoms. The van der Waals surface area contributed by atoms with Crippen molar-refractivity contribution in [3.8, 4) is 5.75 Å². The van der Waals surface area contributed by atoms with Gasteiger partial charge in [0.1, 0.15) is 18.1 Å². The van der Waals surface area contributed by atoms with Gasteiger partial charge in [-0.2, -0.15) is 0 Å². The maximum Gasteiger partial charge on any atom is 0.255 e. The quantitative estimate of drug-likeness (QED) is 0.318. The molecule has 0 aliphatic carbocycles. The number of ether oxygens (including phenoxy) is 1. The van der Waals surface area contributed by atoms with E-state index in [1.807, 2.05) is 0 Å². The van der Waals surface area contributed by atoms with Gasteiger partial charge < -0.3 is 15.0 Å². The number of anilines is 1. The summed E-state index contributed by atoms with van der Waals surface area (Å²) in [4.78, 5) is 25.4. The molecule has 1 aliphatic rings. The molecule has 0 radical (unpaired) electrons. The molecule has 7 nitrogen and oxygen atoms in total. The number of rotatable bonds is 6. The molecule has 3 N–H and O–H groups in total. The third kappa shape index (κ3) is 4.79. The number of benzene rings is 2. The van der Waals surface area contributed by atoms with Crippen LogP contribution in [0.2, 0.25) is 5.02 Å². The van der Waals surface area contributed by atoms with Crippen molar-refractivity contribution in [3.05, 3.63) is 77.1 Å². The van der Waals surface area contributed by atoms with Crippen LogP contribution in [-0.2, 0) is 9.59 Å². The van der Waals surface area contributed by atoms with Gasteiger partial charge in [-0.1, -0.05) is 24.2 Å². The molecule has 156 valence electrons.